The van der Waals surface area contributed by atoms with Crippen molar-refractivity contribution in [3.63, 3.8) is 0 Å². The topological polar surface area (TPSA) is 101 Å². The fourth-order valence-electron chi connectivity index (χ4n) is 3.20. The van der Waals surface area contributed by atoms with E-state index in [2.05, 4.69) is 18.8 Å². The lowest BCUT2D eigenvalue weighted by atomic mass is 10.1. The van der Waals surface area contributed by atoms with E-state index in [0.29, 0.717) is 11.6 Å². The smallest absolute Gasteiger partial charge is 0.264 e. The Hall–Kier alpha value is -3.51. The van der Waals surface area contributed by atoms with Gasteiger partial charge in [0.2, 0.25) is 0 Å². The molecule has 2 N–H and O–H groups in total. The highest BCUT2D eigenvalue weighted by Crippen LogP contribution is 2.26. The number of nitrogens with zero attached hydrogens (tertiary/aromatic N) is 2. The number of anilines is 1. The summed E-state index contributed by atoms with van der Waals surface area (Å²) in [7, 11) is -4.27. The molecule has 0 radical (unpaired) electrons. The third kappa shape index (κ3) is 4.66. The molecule has 170 valence electrons. The molecule has 1 heterocycles. The Bertz CT molecular complexity index is 1470. The number of rotatable bonds is 6. The maximum atomic E-state index is 14.1. The zero-order chi connectivity index (χ0) is 23.8. The number of aromatic nitrogens is 2. The quantitative estimate of drug-likeness (QED) is 0.416. The lowest BCUT2D eigenvalue weighted by molar-refractivity contribution is 0.0940. The van der Waals surface area contributed by atoms with Crippen LogP contribution in [0.4, 0.5) is 18.9 Å². The number of nitrogens with one attached hydrogen (secondary N) is 2. The van der Waals surface area contributed by atoms with E-state index >= 15 is 0 Å². The molecule has 0 bridgehead atoms. The van der Waals surface area contributed by atoms with Crippen LogP contribution in [0.25, 0.3) is 11.0 Å². The van der Waals surface area contributed by atoms with Crippen LogP contribution >= 0.6 is 11.7 Å². The van der Waals surface area contributed by atoms with Crippen molar-refractivity contribution in [3.05, 3.63) is 83.2 Å². The number of carbonyl (C=O) groups excluding carboxylic acids is 1. The Kier molecular flexibility index (Phi) is 6.04. The van der Waals surface area contributed by atoms with Gasteiger partial charge in [0, 0.05) is 11.6 Å². The zero-order valence-corrected chi connectivity index (χ0v) is 18.5. The number of benzene rings is 3. The maximum absolute atomic E-state index is 14.1. The molecule has 7 nitrogen and oxygen atoms in total. The van der Waals surface area contributed by atoms with Gasteiger partial charge in [-0.2, -0.15) is 8.75 Å². The number of hydrogen-bond acceptors (Lipinski definition) is 6. The maximum Gasteiger partial charge on any atom is 0.264 e. The highest BCUT2D eigenvalue weighted by Gasteiger charge is 2.24. The van der Waals surface area contributed by atoms with Crippen LogP contribution < -0.4 is 10.0 Å². The summed E-state index contributed by atoms with van der Waals surface area (Å²) in [4.78, 5) is 12.7. The average molecular weight is 493 g/mol. The minimum atomic E-state index is -4.27. The molecular formula is C21H15F3N4O3S2. The second-order valence-corrected chi connectivity index (χ2v) is 9.22. The van der Waals surface area contributed by atoms with Crippen molar-refractivity contribution in [2.45, 2.75) is 17.9 Å². The fourth-order valence-corrected chi connectivity index (χ4v) is 5.04. The molecule has 0 aliphatic rings. The van der Waals surface area contributed by atoms with Gasteiger partial charge in [-0.1, -0.05) is 12.1 Å². The molecule has 1 atom stereocenters. The monoisotopic (exact) mass is 492 g/mol. The summed E-state index contributed by atoms with van der Waals surface area (Å²) in [5, 5.41) is 2.50. The molecule has 0 saturated heterocycles. The van der Waals surface area contributed by atoms with Crippen molar-refractivity contribution in [2.24, 2.45) is 0 Å². The van der Waals surface area contributed by atoms with Crippen LogP contribution in [0.15, 0.2) is 59.5 Å². The first-order valence-electron chi connectivity index (χ1n) is 9.45. The summed E-state index contributed by atoms with van der Waals surface area (Å²) < 4.78 is 77.4. The minimum Gasteiger partial charge on any atom is -0.345 e. The summed E-state index contributed by atoms with van der Waals surface area (Å²) >= 11 is 0.836. The standard InChI is InChI=1S/C21H15F3N4O3S2/c1-11(14-7-5-12(22)9-16(14)24)25-21(29)15-8-6-13(23)10-18(15)28-33(30,31)19-4-2-3-17-20(19)27-32-26-17/h2-11,28H,1H3,(H,25,29). The molecule has 3 aromatic carbocycles. The highest BCUT2D eigenvalue weighted by molar-refractivity contribution is 7.93. The van der Waals surface area contributed by atoms with E-state index in [1.165, 1.54) is 25.1 Å². The normalized spacial score (nSPS) is 12.5. The van der Waals surface area contributed by atoms with Gasteiger partial charge in [0.05, 0.1) is 29.0 Å². The fraction of sp³-hybridized carbons (Fsp3) is 0.0952. The number of halogens is 3. The molecule has 0 aliphatic heterocycles. The van der Waals surface area contributed by atoms with Gasteiger partial charge in [-0.25, -0.2) is 21.6 Å². The summed E-state index contributed by atoms with van der Waals surface area (Å²) in [5.41, 5.74) is 0.0159. The molecule has 0 aliphatic carbocycles. The molecule has 4 rings (SSSR count). The van der Waals surface area contributed by atoms with Gasteiger partial charge >= 0.3 is 0 Å². The number of hydrogen-bond donors (Lipinski definition) is 2. The van der Waals surface area contributed by atoms with E-state index in [0.717, 1.165) is 36.0 Å². The van der Waals surface area contributed by atoms with Crippen LogP contribution in [0.2, 0.25) is 0 Å². The van der Waals surface area contributed by atoms with E-state index in [1.54, 1.807) is 6.07 Å². The summed E-state index contributed by atoms with van der Waals surface area (Å²) in [6, 6.07) is 9.36. The molecular weight excluding hydrogens is 477 g/mol. The van der Waals surface area contributed by atoms with Gasteiger partial charge in [0.1, 0.15) is 33.4 Å². The van der Waals surface area contributed by atoms with E-state index in [4.69, 9.17) is 0 Å². The van der Waals surface area contributed by atoms with Crippen molar-refractivity contribution in [1.29, 1.82) is 0 Å². The Morgan fingerprint density at radius 3 is 2.48 bits per heavy atom. The molecule has 0 fully saturated rings. The van der Waals surface area contributed by atoms with Crippen molar-refractivity contribution >= 4 is 44.4 Å². The SMILES string of the molecule is CC(NC(=O)c1ccc(F)cc1NS(=O)(=O)c1cccc2nsnc12)c1ccc(F)cc1F. The van der Waals surface area contributed by atoms with Crippen LogP contribution in [-0.4, -0.2) is 23.1 Å². The van der Waals surface area contributed by atoms with Gasteiger partial charge in [-0.3, -0.25) is 9.52 Å². The molecule has 1 unspecified atom stereocenters. The lowest BCUT2D eigenvalue weighted by Crippen LogP contribution is -2.28. The van der Waals surface area contributed by atoms with Crippen molar-refractivity contribution in [3.8, 4) is 0 Å². The summed E-state index contributed by atoms with van der Waals surface area (Å²) in [6.07, 6.45) is 0. The van der Waals surface area contributed by atoms with E-state index in [1.807, 2.05) is 0 Å². The van der Waals surface area contributed by atoms with Crippen LogP contribution in [0.1, 0.15) is 28.9 Å². The number of fused-ring (bicyclic) bond motifs is 1. The predicted molar refractivity (Wildman–Crippen MR) is 117 cm³/mol. The van der Waals surface area contributed by atoms with Crippen molar-refractivity contribution in [1.82, 2.24) is 14.1 Å². The van der Waals surface area contributed by atoms with E-state index in [9.17, 15) is 26.4 Å². The van der Waals surface area contributed by atoms with Gasteiger partial charge in [-0.05, 0) is 43.3 Å². The minimum absolute atomic E-state index is 0.0247. The highest BCUT2D eigenvalue weighted by atomic mass is 32.2. The molecule has 33 heavy (non-hydrogen) atoms. The Balaban J connectivity index is 1.65. The summed E-state index contributed by atoms with van der Waals surface area (Å²) in [6.45, 7) is 1.47. The van der Waals surface area contributed by atoms with Crippen LogP contribution in [-0.2, 0) is 10.0 Å². The second kappa shape index (κ2) is 8.79. The van der Waals surface area contributed by atoms with Gasteiger partial charge < -0.3 is 5.32 Å². The Labute approximate surface area is 190 Å². The van der Waals surface area contributed by atoms with Crippen LogP contribution in [0.3, 0.4) is 0 Å². The molecule has 1 aromatic heterocycles. The third-order valence-electron chi connectivity index (χ3n) is 4.79. The zero-order valence-electron chi connectivity index (χ0n) is 16.8. The number of amides is 1. The van der Waals surface area contributed by atoms with E-state index in [-0.39, 0.29) is 27.2 Å². The van der Waals surface area contributed by atoms with Gasteiger partial charge in [0.15, 0.2) is 0 Å². The molecule has 12 heteroatoms. The Morgan fingerprint density at radius 2 is 1.73 bits per heavy atom. The number of sulfonamides is 1. The van der Waals surface area contributed by atoms with Crippen LogP contribution in [0.5, 0.6) is 0 Å². The van der Waals surface area contributed by atoms with Crippen molar-refractivity contribution in [2.75, 3.05) is 4.72 Å². The van der Waals surface area contributed by atoms with Crippen molar-refractivity contribution < 1.29 is 26.4 Å². The van der Waals surface area contributed by atoms with Gasteiger partial charge in [-0.15, -0.1) is 0 Å². The molecule has 0 spiro atoms. The first-order valence-corrected chi connectivity index (χ1v) is 11.7. The van der Waals surface area contributed by atoms with Gasteiger partial charge in [0.25, 0.3) is 15.9 Å². The first-order chi connectivity index (χ1) is 15.7. The molecule has 0 saturated carbocycles. The number of carbonyl (C=O) groups is 1. The Morgan fingerprint density at radius 1 is 1.00 bits per heavy atom. The summed E-state index contributed by atoms with van der Waals surface area (Å²) in [5.74, 6) is -3.20. The molecule has 1 amide bonds. The lowest BCUT2D eigenvalue weighted by Gasteiger charge is -2.17. The first kappa shape index (κ1) is 22.7. The van der Waals surface area contributed by atoms with Crippen LogP contribution in [0, 0.1) is 17.5 Å². The predicted octanol–water partition coefficient (Wildman–Crippen LogP) is 4.40. The van der Waals surface area contributed by atoms with E-state index < -0.39 is 39.4 Å². The average Bonchev–Trinajstić information content (AvgIpc) is 3.22. The second-order valence-electron chi connectivity index (χ2n) is 7.04. The third-order valence-corrected chi connectivity index (χ3v) is 6.73. The molecule has 4 aromatic rings. The largest absolute Gasteiger partial charge is 0.345 e.